The van der Waals surface area contributed by atoms with E-state index >= 15 is 0 Å². The van der Waals surface area contributed by atoms with Crippen LogP contribution in [0.3, 0.4) is 0 Å². The molecule has 0 unspecified atom stereocenters. The second-order valence-electron chi connectivity index (χ2n) is 7.26. The predicted molar refractivity (Wildman–Crippen MR) is 117 cm³/mol. The number of aliphatic imine (C=N–C) groups is 1. The normalized spacial score (nSPS) is 15.1. The molecule has 1 saturated heterocycles. The average Bonchev–Trinajstić information content (AvgIpc) is 2.94. The van der Waals surface area contributed by atoms with Crippen LogP contribution in [0, 0.1) is 0 Å². The molecule has 174 valence electrons. The van der Waals surface area contributed by atoms with Gasteiger partial charge in [-0.15, -0.1) is 0 Å². The first-order chi connectivity index (χ1) is 15.0. The smallest absolute Gasteiger partial charge is 0.387 e. The molecule has 1 aromatic carbocycles. The van der Waals surface area contributed by atoms with Crippen LogP contribution in [-0.4, -0.2) is 56.2 Å². The number of likely N-dealkylation sites (tertiary alicyclic amines) is 1. The van der Waals surface area contributed by atoms with E-state index < -0.39 is 6.61 Å². The highest BCUT2D eigenvalue weighted by atomic mass is 19.3. The highest BCUT2D eigenvalue weighted by Gasteiger charge is 2.15. The Labute approximate surface area is 183 Å². The molecule has 1 aromatic rings. The number of halogens is 2. The number of ether oxygens (including phenoxy) is 2. The van der Waals surface area contributed by atoms with Gasteiger partial charge in [0.25, 0.3) is 0 Å². The zero-order valence-electron chi connectivity index (χ0n) is 18.5. The van der Waals surface area contributed by atoms with E-state index in [-0.39, 0.29) is 17.4 Å². The molecule has 31 heavy (non-hydrogen) atoms. The Balaban J connectivity index is 1.89. The molecule has 9 heteroatoms. The van der Waals surface area contributed by atoms with E-state index in [2.05, 4.69) is 20.4 Å². The maximum atomic E-state index is 12.6. The van der Waals surface area contributed by atoms with Crippen LogP contribution in [0.1, 0.15) is 51.5 Å². The molecule has 0 spiro atoms. The summed E-state index contributed by atoms with van der Waals surface area (Å²) in [4.78, 5) is 18.6. The first-order valence-electron chi connectivity index (χ1n) is 11.0. The van der Waals surface area contributed by atoms with E-state index in [4.69, 9.17) is 4.74 Å². The predicted octanol–water partition coefficient (Wildman–Crippen LogP) is 3.53. The Morgan fingerprint density at radius 3 is 2.77 bits per heavy atom. The van der Waals surface area contributed by atoms with Gasteiger partial charge in [-0.1, -0.05) is 12.5 Å². The molecule has 0 radical (unpaired) electrons. The van der Waals surface area contributed by atoms with Gasteiger partial charge >= 0.3 is 6.61 Å². The monoisotopic (exact) mass is 440 g/mol. The van der Waals surface area contributed by atoms with Gasteiger partial charge in [0.15, 0.2) is 17.5 Å². The Bertz CT molecular complexity index is 716. The molecule has 1 amide bonds. The standard InChI is InChI=1S/C22H34F2N4O3/c1-3-25-22(26-12-8-14-28-13-7-5-6-9-20(28)29)27-16-17-10-11-18(31-21(23)24)19(15-17)30-4-2/h10-11,15,21H,3-9,12-14,16H2,1-2H3,(H2,25,26,27). The number of nitrogens with zero attached hydrogens (tertiary/aromatic N) is 2. The molecular formula is C22H34F2N4O3. The molecule has 7 nitrogen and oxygen atoms in total. The number of carbonyl (C=O) groups is 1. The van der Waals surface area contributed by atoms with Crippen LogP contribution in [0.2, 0.25) is 0 Å². The van der Waals surface area contributed by atoms with Gasteiger partial charge in [-0.3, -0.25) is 4.79 Å². The number of nitrogens with one attached hydrogen (secondary N) is 2. The zero-order chi connectivity index (χ0) is 22.5. The van der Waals surface area contributed by atoms with Crippen LogP contribution in [0.25, 0.3) is 0 Å². The minimum atomic E-state index is -2.91. The lowest BCUT2D eigenvalue weighted by atomic mass is 10.2. The molecule has 1 heterocycles. The number of amides is 1. The van der Waals surface area contributed by atoms with Gasteiger partial charge in [-0.05, 0) is 50.8 Å². The molecular weight excluding hydrogens is 406 g/mol. The lowest BCUT2D eigenvalue weighted by Gasteiger charge is -2.20. The van der Waals surface area contributed by atoms with Gasteiger partial charge in [0, 0.05) is 32.6 Å². The number of hydrogen-bond acceptors (Lipinski definition) is 4. The van der Waals surface area contributed by atoms with Gasteiger partial charge in [0.05, 0.1) is 13.2 Å². The summed E-state index contributed by atoms with van der Waals surface area (Å²) in [5.74, 6) is 1.20. The second-order valence-corrected chi connectivity index (χ2v) is 7.26. The number of guanidine groups is 1. The minimum Gasteiger partial charge on any atom is -0.490 e. The van der Waals surface area contributed by atoms with Crippen molar-refractivity contribution in [3.05, 3.63) is 23.8 Å². The van der Waals surface area contributed by atoms with E-state index in [0.29, 0.717) is 38.6 Å². The molecule has 2 N–H and O–H groups in total. The fourth-order valence-corrected chi connectivity index (χ4v) is 3.38. The summed E-state index contributed by atoms with van der Waals surface area (Å²) in [6.07, 6.45) is 4.68. The SMILES string of the molecule is CCNC(=NCc1ccc(OC(F)F)c(OCC)c1)NCCCN1CCCCCC1=O. The van der Waals surface area contributed by atoms with E-state index in [1.54, 1.807) is 19.1 Å². The minimum absolute atomic E-state index is 0.0117. The lowest BCUT2D eigenvalue weighted by molar-refractivity contribution is -0.130. The van der Waals surface area contributed by atoms with Crippen molar-refractivity contribution in [3.63, 3.8) is 0 Å². The Morgan fingerprint density at radius 1 is 1.19 bits per heavy atom. The second kappa shape index (κ2) is 13.7. The third kappa shape index (κ3) is 8.98. The van der Waals surface area contributed by atoms with Gasteiger partial charge < -0.3 is 25.0 Å². The van der Waals surface area contributed by atoms with Gasteiger partial charge in [0.2, 0.25) is 5.91 Å². The first kappa shape index (κ1) is 24.7. The fourth-order valence-electron chi connectivity index (χ4n) is 3.38. The third-order valence-corrected chi connectivity index (χ3v) is 4.86. The number of alkyl halides is 2. The molecule has 0 atom stereocenters. The third-order valence-electron chi connectivity index (χ3n) is 4.86. The topological polar surface area (TPSA) is 75.2 Å². The Kier molecular flexibility index (Phi) is 10.9. The summed E-state index contributed by atoms with van der Waals surface area (Å²) in [6, 6.07) is 4.83. The van der Waals surface area contributed by atoms with Crippen molar-refractivity contribution in [2.75, 3.05) is 32.8 Å². The van der Waals surface area contributed by atoms with Gasteiger partial charge in [-0.25, -0.2) is 4.99 Å². The molecule has 1 aliphatic rings. The summed E-state index contributed by atoms with van der Waals surface area (Å²) in [7, 11) is 0. The molecule has 0 saturated carbocycles. The van der Waals surface area contributed by atoms with E-state index in [9.17, 15) is 13.6 Å². The summed E-state index contributed by atoms with van der Waals surface area (Å²) < 4.78 is 35.0. The number of benzene rings is 1. The van der Waals surface area contributed by atoms with Crippen molar-refractivity contribution in [1.29, 1.82) is 0 Å². The molecule has 1 aliphatic heterocycles. The van der Waals surface area contributed by atoms with Crippen LogP contribution in [0.5, 0.6) is 11.5 Å². The summed E-state index contributed by atoms with van der Waals surface area (Å²) in [5, 5.41) is 6.47. The number of carbonyl (C=O) groups excluding carboxylic acids is 1. The summed E-state index contributed by atoms with van der Waals surface area (Å²) in [6.45, 7) is 4.56. The van der Waals surface area contributed by atoms with Crippen molar-refractivity contribution in [1.82, 2.24) is 15.5 Å². The largest absolute Gasteiger partial charge is 0.490 e. The fraction of sp³-hybridized carbons (Fsp3) is 0.636. The van der Waals surface area contributed by atoms with E-state index in [0.717, 1.165) is 44.3 Å². The van der Waals surface area contributed by atoms with Gasteiger partial charge in [0.1, 0.15) is 0 Å². The van der Waals surface area contributed by atoms with Crippen molar-refractivity contribution < 1.29 is 23.0 Å². The van der Waals surface area contributed by atoms with Crippen molar-refractivity contribution in [2.24, 2.45) is 4.99 Å². The van der Waals surface area contributed by atoms with Gasteiger partial charge in [-0.2, -0.15) is 8.78 Å². The maximum Gasteiger partial charge on any atom is 0.387 e. The van der Waals surface area contributed by atoms with Crippen molar-refractivity contribution in [2.45, 2.75) is 59.1 Å². The van der Waals surface area contributed by atoms with Crippen LogP contribution in [0.15, 0.2) is 23.2 Å². The van der Waals surface area contributed by atoms with Crippen LogP contribution in [0.4, 0.5) is 8.78 Å². The molecule has 1 fully saturated rings. The maximum absolute atomic E-state index is 12.6. The van der Waals surface area contributed by atoms with E-state index in [1.165, 1.54) is 6.07 Å². The molecule has 0 aliphatic carbocycles. The summed E-state index contributed by atoms with van der Waals surface area (Å²) in [5.41, 5.74) is 0.817. The lowest BCUT2D eigenvalue weighted by Crippen LogP contribution is -2.39. The van der Waals surface area contributed by atoms with Crippen LogP contribution in [-0.2, 0) is 11.3 Å². The van der Waals surface area contributed by atoms with E-state index in [1.807, 2.05) is 11.8 Å². The Morgan fingerprint density at radius 2 is 2.03 bits per heavy atom. The zero-order valence-corrected chi connectivity index (χ0v) is 18.5. The van der Waals surface area contributed by atoms with Crippen LogP contribution >= 0.6 is 0 Å². The highest BCUT2D eigenvalue weighted by Crippen LogP contribution is 2.30. The van der Waals surface area contributed by atoms with Crippen molar-refractivity contribution >= 4 is 11.9 Å². The first-order valence-corrected chi connectivity index (χ1v) is 11.0. The summed E-state index contributed by atoms with van der Waals surface area (Å²) >= 11 is 0. The quantitative estimate of drug-likeness (QED) is 0.313. The Hall–Kier alpha value is -2.58. The number of hydrogen-bond donors (Lipinski definition) is 2. The highest BCUT2D eigenvalue weighted by molar-refractivity contribution is 5.79. The molecule has 0 bridgehead atoms. The van der Waals surface area contributed by atoms with Crippen LogP contribution < -0.4 is 20.1 Å². The molecule has 2 rings (SSSR count). The molecule has 0 aromatic heterocycles. The average molecular weight is 441 g/mol. The van der Waals surface area contributed by atoms with Crippen molar-refractivity contribution in [3.8, 4) is 11.5 Å². The number of rotatable bonds is 11.